The number of oxime groups is 1. The first-order valence-electron chi connectivity index (χ1n) is 5.68. The second-order valence-corrected chi connectivity index (χ2v) is 3.89. The van der Waals surface area contributed by atoms with Crippen LogP contribution in [-0.4, -0.2) is 10.6 Å². The number of nitrogens with zero attached hydrogens (tertiary/aromatic N) is 2. The van der Waals surface area contributed by atoms with Crippen LogP contribution in [0.25, 0.3) is 0 Å². The quantitative estimate of drug-likeness (QED) is 0.478. The molecule has 2 aromatic carbocycles. The first-order chi connectivity index (χ1) is 9.16. The maximum Gasteiger partial charge on any atom is 0.273 e. The Balaban J connectivity index is 2.14. The number of nitro groups is 1. The second-order valence-electron chi connectivity index (χ2n) is 3.89. The van der Waals surface area contributed by atoms with Gasteiger partial charge in [-0.2, -0.15) is 0 Å². The van der Waals surface area contributed by atoms with Crippen molar-refractivity contribution in [3.8, 4) is 5.75 Å². The topological polar surface area (TPSA) is 64.7 Å². The maximum atomic E-state index is 10.6. The van der Waals surface area contributed by atoms with Crippen molar-refractivity contribution in [3.05, 3.63) is 70.3 Å². The molecule has 0 unspecified atom stereocenters. The number of benzene rings is 2. The predicted molar refractivity (Wildman–Crippen MR) is 72.4 cm³/mol. The van der Waals surface area contributed by atoms with Gasteiger partial charge in [0.2, 0.25) is 0 Å². The molecule has 19 heavy (non-hydrogen) atoms. The van der Waals surface area contributed by atoms with Crippen LogP contribution in [0.15, 0.2) is 59.8 Å². The lowest BCUT2D eigenvalue weighted by Crippen LogP contribution is -1.97. The number of hydrogen-bond donors (Lipinski definition) is 0. The standard InChI is InChI=1S/C14H12N2O3/c1-11(12-6-3-2-4-7-12)15-19-14-9-5-8-13(10-14)16(17)18/h2-10H,1H3/b15-11+. The zero-order valence-electron chi connectivity index (χ0n) is 10.3. The number of nitro benzene ring substituents is 1. The van der Waals surface area contributed by atoms with E-state index in [1.165, 1.54) is 12.1 Å². The minimum atomic E-state index is -0.472. The smallest absolute Gasteiger partial charge is 0.273 e. The first-order valence-corrected chi connectivity index (χ1v) is 5.68. The number of rotatable bonds is 4. The van der Waals surface area contributed by atoms with Gasteiger partial charge in [0.25, 0.3) is 5.69 Å². The van der Waals surface area contributed by atoms with Crippen LogP contribution < -0.4 is 4.84 Å². The zero-order valence-corrected chi connectivity index (χ0v) is 10.3. The van der Waals surface area contributed by atoms with Crippen LogP contribution in [-0.2, 0) is 0 Å². The van der Waals surface area contributed by atoms with Crippen LogP contribution in [0.3, 0.4) is 0 Å². The molecule has 0 amide bonds. The summed E-state index contributed by atoms with van der Waals surface area (Å²) in [7, 11) is 0. The van der Waals surface area contributed by atoms with Crippen molar-refractivity contribution in [1.82, 2.24) is 0 Å². The Bertz CT molecular complexity index is 609. The normalized spacial score (nSPS) is 11.1. The third-order valence-electron chi connectivity index (χ3n) is 2.51. The summed E-state index contributed by atoms with van der Waals surface area (Å²) in [5.74, 6) is 0.337. The third kappa shape index (κ3) is 3.38. The van der Waals surface area contributed by atoms with Crippen molar-refractivity contribution in [3.63, 3.8) is 0 Å². The van der Waals surface area contributed by atoms with E-state index in [0.29, 0.717) is 11.5 Å². The highest BCUT2D eigenvalue weighted by molar-refractivity contribution is 5.98. The van der Waals surface area contributed by atoms with Gasteiger partial charge in [-0.1, -0.05) is 41.6 Å². The van der Waals surface area contributed by atoms with Crippen molar-refractivity contribution in [2.24, 2.45) is 5.16 Å². The van der Waals surface area contributed by atoms with Crippen molar-refractivity contribution in [1.29, 1.82) is 0 Å². The molecular weight excluding hydrogens is 244 g/mol. The summed E-state index contributed by atoms with van der Waals surface area (Å²) >= 11 is 0. The Kier molecular flexibility index (Phi) is 3.87. The Hall–Kier alpha value is -2.69. The highest BCUT2D eigenvalue weighted by atomic mass is 16.6. The summed E-state index contributed by atoms with van der Waals surface area (Å²) in [6, 6.07) is 15.5. The summed E-state index contributed by atoms with van der Waals surface area (Å²) in [5.41, 5.74) is 1.62. The molecule has 5 nitrogen and oxygen atoms in total. The minimum Gasteiger partial charge on any atom is -0.356 e. The van der Waals surface area contributed by atoms with Crippen LogP contribution in [0.5, 0.6) is 5.75 Å². The molecule has 2 rings (SSSR count). The molecule has 0 saturated heterocycles. The van der Waals surface area contributed by atoms with Gasteiger partial charge in [-0.3, -0.25) is 10.1 Å². The average Bonchev–Trinajstić information content (AvgIpc) is 2.46. The van der Waals surface area contributed by atoms with Gasteiger partial charge in [0, 0.05) is 6.07 Å². The second kappa shape index (κ2) is 5.77. The molecule has 0 fully saturated rings. The molecule has 2 aromatic rings. The van der Waals surface area contributed by atoms with Crippen LogP contribution >= 0.6 is 0 Å². The van der Waals surface area contributed by atoms with Gasteiger partial charge in [0.15, 0.2) is 5.75 Å². The molecule has 0 atom stereocenters. The highest BCUT2D eigenvalue weighted by Crippen LogP contribution is 2.19. The fraction of sp³-hybridized carbons (Fsp3) is 0.0714. The minimum absolute atomic E-state index is 0.0231. The maximum absolute atomic E-state index is 10.6. The van der Waals surface area contributed by atoms with Crippen molar-refractivity contribution in [2.75, 3.05) is 0 Å². The summed E-state index contributed by atoms with van der Waals surface area (Å²) in [6.07, 6.45) is 0. The van der Waals surface area contributed by atoms with Gasteiger partial charge in [0.1, 0.15) is 0 Å². The van der Waals surface area contributed by atoms with Gasteiger partial charge in [-0.15, -0.1) is 0 Å². The molecule has 0 saturated carbocycles. The summed E-state index contributed by atoms with van der Waals surface area (Å²) in [5, 5.41) is 14.6. The Morgan fingerprint density at radius 1 is 1.16 bits per heavy atom. The molecule has 0 bridgehead atoms. The molecule has 0 aliphatic carbocycles. The van der Waals surface area contributed by atoms with E-state index in [0.717, 1.165) is 5.56 Å². The molecule has 5 heteroatoms. The van der Waals surface area contributed by atoms with E-state index in [4.69, 9.17) is 4.84 Å². The third-order valence-corrected chi connectivity index (χ3v) is 2.51. The Morgan fingerprint density at radius 3 is 2.58 bits per heavy atom. The van der Waals surface area contributed by atoms with Crippen LogP contribution in [0.1, 0.15) is 12.5 Å². The monoisotopic (exact) mass is 256 g/mol. The van der Waals surface area contributed by atoms with Gasteiger partial charge >= 0.3 is 0 Å². The van der Waals surface area contributed by atoms with Crippen molar-refractivity contribution >= 4 is 11.4 Å². The fourth-order valence-electron chi connectivity index (χ4n) is 1.51. The molecule has 0 aromatic heterocycles. The Labute approximate surface area is 110 Å². The number of hydrogen-bond acceptors (Lipinski definition) is 4. The highest BCUT2D eigenvalue weighted by Gasteiger charge is 2.06. The largest absolute Gasteiger partial charge is 0.356 e. The lowest BCUT2D eigenvalue weighted by atomic mass is 10.1. The van der Waals surface area contributed by atoms with E-state index in [9.17, 15) is 10.1 Å². The van der Waals surface area contributed by atoms with Crippen LogP contribution in [0, 0.1) is 10.1 Å². The first kappa shape index (κ1) is 12.8. The lowest BCUT2D eigenvalue weighted by Gasteiger charge is -2.01. The van der Waals surface area contributed by atoms with E-state index in [2.05, 4.69) is 5.16 Å². The van der Waals surface area contributed by atoms with E-state index in [-0.39, 0.29) is 5.69 Å². The van der Waals surface area contributed by atoms with Gasteiger partial charge < -0.3 is 4.84 Å². The van der Waals surface area contributed by atoms with E-state index >= 15 is 0 Å². The van der Waals surface area contributed by atoms with E-state index in [1.807, 2.05) is 37.3 Å². The summed E-state index contributed by atoms with van der Waals surface area (Å²) < 4.78 is 0. The summed E-state index contributed by atoms with van der Waals surface area (Å²) in [6.45, 7) is 1.81. The molecule has 0 N–H and O–H groups in total. The predicted octanol–water partition coefficient (Wildman–Crippen LogP) is 3.40. The average molecular weight is 256 g/mol. The molecular formula is C14H12N2O3. The van der Waals surface area contributed by atoms with Gasteiger partial charge in [-0.05, 0) is 18.6 Å². The van der Waals surface area contributed by atoms with Crippen molar-refractivity contribution < 1.29 is 9.76 Å². The molecule has 0 aliphatic heterocycles. The summed E-state index contributed by atoms with van der Waals surface area (Å²) in [4.78, 5) is 15.4. The molecule has 0 spiro atoms. The van der Waals surface area contributed by atoms with Crippen molar-refractivity contribution in [2.45, 2.75) is 6.92 Å². The van der Waals surface area contributed by atoms with Gasteiger partial charge in [-0.25, -0.2) is 0 Å². The van der Waals surface area contributed by atoms with Gasteiger partial charge in [0.05, 0.1) is 16.7 Å². The SMILES string of the molecule is C/C(=N\Oc1cccc([N+](=O)[O-])c1)c1ccccc1. The molecule has 0 aliphatic rings. The molecule has 96 valence electrons. The zero-order chi connectivity index (χ0) is 13.7. The molecule has 0 radical (unpaired) electrons. The Morgan fingerprint density at radius 2 is 1.89 bits per heavy atom. The lowest BCUT2D eigenvalue weighted by molar-refractivity contribution is -0.384. The van der Waals surface area contributed by atoms with E-state index < -0.39 is 4.92 Å². The molecule has 0 heterocycles. The number of non-ortho nitro benzene ring substituents is 1. The van der Waals surface area contributed by atoms with Crippen LogP contribution in [0.4, 0.5) is 5.69 Å². The van der Waals surface area contributed by atoms with Crippen LogP contribution in [0.2, 0.25) is 0 Å². The fourth-order valence-corrected chi connectivity index (χ4v) is 1.51. The van der Waals surface area contributed by atoms with E-state index in [1.54, 1.807) is 12.1 Å².